The number of benzene rings is 3. The fraction of sp³-hybridized carbons (Fsp3) is 0.333. The summed E-state index contributed by atoms with van der Waals surface area (Å²) in [4.78, 5) is 28.8. The number of nitrogens with zero attached hydrogens (tertiary/aromatic N) is 2. The zero-order valence-electron chi connectivity index (χ0n) is 23.0. The van der Waals surface area contributed by atoms with Crippen LogP contribution in [0.4, 0.5) is 5.69 Å². The molecule has 3 aromatic rings. The summed E-state index contributed by atoms with van der Waals surface area (Å²) >= 11 is 6.01. The number of halogens is 1. The Balaban J connectivity index is 2.09. The van der Waals surface area contributed by atoms with E-state index in [2.05, 4.69) is 5.32 Å². The summed E-state index contributed by atoms with van der Waals surface area (Å²) in [5, 5.41) is 3.31. The third kappa shape index (κ3) is 7.40. The van der Waals surface area contributed by atoms with Crippen LogP contribution in [-0.2, 0) is 26.2 Å². The number of aryl methyl sites for hydroxylation is 2. The predicted molar refractivity (Wildman–Crippen MR) is 156 cm³/mol. The van der Waals surface area contributed by atoms with Gasteiger partial charge in [-0.1, -0.05) is 61.0 Å². The van der Waals surface area contributed by atoms with E-state index < -0.39 is 28.5 Å². The number of amides is 2. The average molecular weight is 570 g/mol. The van der Waals surface area contributed by atoms with Crippen molar-refractivity contribution in [1.29, 1.82) is 0 Å². The van der Waals surface area contributed by atoms with Crippen LogP contribution in [0.2, 0.25) is 5.02 Å². The molecule has 3 rings (SSSR count). The Kier molecular flexibility index (Phi) is 10.2. The molecule has 0 aliphatic rings. The van der Waals surface area contributed by atoms with Crippen molar-refractivity contribution in [3.8, 4) is 0 Å². The maximum Gasteiger partial charge on any atom is 0.264 e. The van der Waals surface area contributed by atoms with E-state index in [1.807, 2.05) is 58.0 Å². The van der Waals surface area contributed by atoms with Crippen LogP contribution in [0, 0.1) is 13.8 Å². The van der Waals surface area contributed by atoms with Gasteiger partial charge in [-0.3, -0.25) is 13.9 Å². The first-order valence-corrected chi connectivity index (χ1v) is 14.8. The number of rotatable bonds is 11. The van der Waals surface area contributed by atoms with Crippen molar-refractivity contribution in [2.75, 3.05) is 10.8 Å². The van der Waals surface area contributed by atoms with Gasteiger partial charge in [-0.25, -0.2) is 8.42 Å². The van der Waals surface area contributed by atoms with Crippen LogP contribution in [0.1, 0.15) is 43.9 Å². The second kappa shape index (κ2) is 13.1. The molecular weight excluding hydrogens is 534 g/mol. The molecule has 0 heterocycles. The zero-order valence-corrected chi connectivity index (χ0v) is 24.6. The second-order valence-electron chi connectivity index (χ2n) is 9.79. The maximum absolute atomic E-state index is 14.1. The van der Waals surface area contributed by atoms with E-state index in [9.17, 15) is 18.0 Å². The number of carbonyl (C=O) groups excluding carboxylic acids is 2. The SMILES string of the molecule is CCC(C(=O)NC(C)C)N(Cc1ccccc1C)C(=O)CN(c1ccccc1C)S(=O)(=O)c1ccc(Cl)cc1. The first kappa shape index (κ1) is 30.2. The fourth-order valence-corrected chi connectivity index (χ4v) is 5.97. The van der Waals surface area contributed by atoms with Crippen LogP contribution in [0.25, 0.3) is 0 Å². The smallest absolute Gasteiger partial charge is 0.264 e. The first-order valence-electron chi connectivity index (χ1n) is 12.9. The minimum absolute atomic E-state index is 0.0120. The third-order valence-corrected chi connectivity index (χ3v) is 8.51. The normalized spacial score (nSPS) is 12.2. The lowest BCUT2D eigenvalue weighted by Crippen LogP contribution is -2.53. The summed E-state index contributed by atoms with van der Waals surface area (Å²) < 4.78 is 29.0. The molecule has 1 atom stereocenters. The Bertz CT molecular complexity index is 1410. The van der Waals surface area contributed by atoms with Gasteiger partial charge in [0.15, 0.2) is 0 Å². The first-order chi connectivity index (χ1) is 18.4. The van der Waals surface area contributed by atoms with Gasteiger partial charge in [0, 0.05) is 17.6 Å². The molecule has 0 aliphatic heterocycles. The lowest BCUT2D eigenvalue weighted by Gasteiger charge is -2.34. The average Bonchev–Trinajstić information content (AvgIpc) is 2.88. The third-order valence-electron chi connectivity index (χ3n) is 6.48. The van der Waals surface area contributed by atoms with Crippen molar-refractivity contribution in [3.63, 3.8) is 0 Å². The quantitative estimate of drug-likeness (QED) is 0.331. The fourth-order valence-electron chi connectivity index (χ4n) is 4.36. The second-order valence-corrected chi connectivity index (χ2v) is 12.1. The molecule has 9 heteroatoms. The van der Waals surface area contributed by atoms with E-state index in [-0.39, 0.29) is 23.4 Å². The van der Waals surface area contributed by atoms with E-state index in [1.54, 1.807) is 25.1 Å². The lowest BCUT2D eigenvalue weighted by molar-refractivity contribution is -0.140. The molecule has 0 aromatic heterocycles. The van der Waals surface area contributed by atoms with E-state index in [0.29, 0.717) is 22.7 Å². The number of anilines is 1. The van der Waals surface area contributed by atoms with Crippen LogP contribution < -0.4 is 9.62 Å². The van der Waals surface area contributed by atoms with Gasteiger partial charge in [-0.2, -0.15) is 0 Å². The Morgan fingerprint density at radius 2 is 1.49 bits per heavy atom. The molecular formula is C30H36ClN3O4S. The van der Waals surface area contributed by atoms with E-state index in [4.69, 9.17) is 11.6 Å². The summed E-state index contributed by atoms with van der Waals surface area (Å²) in [6, 6.07) is 19.6. The van der Waals surface area contributed by atoms with Crippen LogP contribution >= 0.6 is 11.6 Å². The molecule has 0 aliphatic carbocycles. The van der Waals surface area contributed by atoms with Gasteiger partial charge in [0.2, 0.25) is 11.8 Å². The highest BCUT2D eigenvalue weighted by atomic mass is 35.5. The van der Waals surface area contributed by atoms with E-state index >= 15 is 0 Å². The largest absolute Gasteiger partial charge is 0.352 e. The summed E-state index contributed by atoms with van der Waals surface area (Å²) in [5.74, 6) is -0.762. The van der Waals surface area contributed by atoms with Gasteiger partial charge in [-0.05, 0) is 81.1 Å². The molecule has 0 saturated heterocycles. The molecule has 39 heavy (non-hydrogen) atoms. The van der Waals surface area contributed by atoms with Crippen molar-refractivity contribution < 1.29 is 18.0 Å². The Hall–Kier alpha value is -3.36. The van der Waals surface area contributed by atoms with Crippen molar-refractivity contribution in [1.82, 2.24) is 10.2 Å². The van der Waals surface area contributed by atoms with Crippen LogP contribution in [0.5, 0.6) is 0 Å². The summed E-state index contributed by atoms with van der Waals surface area (Å²) in [5.41, 5.74) is 2.93. The van der Waals surface area contributed by atoms with Crippen molar-refractivity contribution in [2.45, 2.75) is 64.6 Å². The van der Waals surface area contributed by atoms with Gasteiger partial charge in [0.1, 0.15) is 12.6 Å². The van der Waals surface area contributed by atoms with Gasteiger partial charge >= 0.3 is 0 Å². The standard InChI is InChI=1S/C30H36ClN3O4S/c1-6-27(30(36)32-21(2)3)33(19-24-13-9-7-11-22(24)4)29(35)20-34(28-14-10-8-12-23(28)5)39(37,38)26-17-15-25(31)16-18-26/h7-18,21,27H,6,19-20H2,1-5H3,(H,32,36). The summed E-state index contributed by atoms with van der Waals surface area (Å²) in [6.07, 6.45) is 0.366. The highest BCUT2D eigenvalue weighted by molar-refractivity contribution is 7.92. The highest BCUT2D eigenvalue weighted by Crippen LogP contribution is 2.28. The summed E-state index contributed by atoms with van der Waals surface area (Å²) in [6.45, 7) is 8.98. The van der Waals surface area contributed by atoms with Crippen LogP contribution in [-0.4, -0.2) is 43.8 Å². The van der Waals surface area contributed by atoms with Crippen LogP contribution in [0.15, 0.2) is 77.7 Å². The topological polar surface area (TPSA) is 86.8 Å². The molecule has 0 saturated carbocycles. The molecule has 0 radical (unpaired) electrons. The highest BCUT2D eigenvalue weighted by Gasteiger charge is 2.34. The Morgan fingerprint density at radius 3 is 2.05 bits per heavy atom. The van der Waals surface area contributed by atoms with Gasteiger partial charge in [-0.15, -0.1) is 0 Å². The Labute approximate surface area is 236 Å². The molecule has 0 fully saturated rings. The number of sulfonamides is 1. The number of nitrogens with one attached hydrogen (secondary N) is 1. The monoisotopic (exact) mass is 569 g/mol. The number of hydrogen-bond donors (Lipinski definition) is 1. The molecule has 3 aromatic carbocycles. The Morgan fingerprint density at radius 1 is 0.897 bits per heavy atom. The van der Waals surface area contributed by atoms with Gasteiger partial charge in [0.25, 0.3) is 10.0 Å². The molecule has 1 unspecified atom stereocenters. The maximum atomic E-state index is 14.1. The molecule has 7 nitrogen and oxygen atoms in total. The molecule has 2 amide bonds. The van der Waals surface area contributed by atoms with Gasteiger partial charge in [0.05, 0.1) is 10.6 Å². The minimum atomic E-state index is -4.15. The van der Waals surface area contributed by atoms with Gasteiger partial charge < -0.3 is 10.2 Å². The zero-order chi connectivity index (χ0) is 28.7. The minimum Gasteiger partial charge on any atom is -0.352 e. The predicted octanol–water partition coefficient (Wildman–Crippen LogP) is 5.48. The van der Waals surface area contributed by atoms with Crippen molar-refractivity contribution >= 4 is 39.1 Å². The molecule has 1 N–H and O–H groups in total. The van der Waals surface area contributed by atoms with Crippen LogP contribution in [0.3, 0.4) is 0 Å². The van der Waals surface area contributed by atoms with E-state index in [0.717, 1.165) is 15.4 Å². The van der Waals surface area contributed by atoms with Crippen molar-refractivity contribution in [3.05, 3.63) is 94.5 Å². The lowest BCUT2D eigenvalue weighted by atomic mass is 10.1. The molecule has 0 bridgehead atoms. The number of hydrogen-bond acceptors (Lipinski definition) is 4. The van der Waals surface area contributed by atoms with E-state index in [1.165, 1.54) is 29.2 Å². The summed E-state index contributed by atoms with van der Waals surface area (Å²) in [7, 11) is -4.15. The number of para-hydroxylation sites is 1. The molecule has 208 valence electrons. The number of carbonyl (C=O) groups is 2. The molecule has 0 spiro atoms. The van der Waals surface area contributed by atoms with Crippen molar-refractivity contribution in [2.24, 2.45) is 0 Å².